The molecule has 2 N–H and O–H groups in total. The van der Waals surface area contributed by atoms with E-state index in [1.165, 1.54) is 0 Å². The Bertz CT molecular complexity index is 435. The molecule has 0 bridgehead atoms. The average molecular weight is 262 g/mol. The molecule has 1 aromatic rings. The molecule has 19 heavy (non-hydrogen) atoms. The van der Waals surface area contributed by atoms with Crippen molar-refractivity contribution in [3.8, 4) is 0 Å². The van der Waals surface area contributed by atoms with Gasteiger partial charge in [0.15, 0.2) is 0 Å². The van der Waals surface area contributed by atoms with Gasteiger partial charge in [-0.15, -0.1) is 0 Å². The predicted molar refractivity (Wildman–Crippen MR) is 76.4 cm³/mol. The molecule has 0 radical (unpaired) electrons. The van der Waals surface area contributed by atoms with E-state index in [0.29, 0.717) is 11.5 Å². The fourth-order valence-electron chi connectivity index (χ4n) is 2.42. The Morgan fingerprint density at radius 1 is 1.53 bits per heavy atom. The van der Waals surface area contributed by atoms with Gasteiger partial charge in [-0.2, -0.15) is 0 Å². The Hall–Kier alpha value is -1.62. The van der Waals surface area contributed by atoms with Gasteiger partial charge in [-0.25, -0.2) is 4.98 Å². The second-order valence-electron chi connectivity index (χ2n) is 4.86. The number of piperidine rings is 1. The van der Waals surface area contributed by atoms with E-state index < -0.39 is 0 Å². The first-order valence-corrected chi connectivity index (χ1v) is 6.91. The summed E-state index contributed by atoms with van der Waals surface area (Å²) in [5, 5.41) is 6.02. The van der Waals surface area contributed by atoms with E-state index in [4.69, 9.17) is 0 Å². The van der Waals surface area contributed by atoms with Gasteiger partial charge in [0.25, 0.3) is 5.91 Å². The third kappa shape index (κ3) is 3.67. The first-order valence-electron chi connectivity index (χ1n) is 6.91. The van der Waals surface area contributed by atoms with Crippen LogP contribution in [0.1, 0.15) is 30.3 Å². The van der Waals surface area contributed by atoms with Gasteiger partial charge in [-0.3, -0.25) is 4.79 Å². The SMILES string of the molecule is CCN1CCCC(NC(=O)c2cccc(NC)n2)C1. The fourth-order valence-corrected chi connectivity index (χ4v) is 2.42. The number of carbonyl (C=O) groups excluding carboxylic acids is 1. The minimum absolute atomic E-state index is 0.0833. The molecule has 1 fully saturated rings. The highest BCUT2D eigenvalue weighted by Crippen LogP contribution is 2.11. The van der Waals surface area contributed by atoms with Gasteiger partial charge in [-0.1, -0.05) is 13.0 Å². The highest BCUT2D eigenvalue weighted by atomic mass is 16.1. The van der Waals surface area contributed by atoms with Crippen LogP contribution in [0, 0.1) is 0 Å². The third-order valence-corrected chi connectivity index (χ3v) is 3.53. The van der Waals surface area contributed by atoms with Crippen LogP contribution < -0.4 is 10.6 Å². The maximum Gasteiger partial charge on any atom is 0.270 e. The molecule has 1 amide bonds. The predicted octanol–water partition coefficient (Wildman–Crippen LogP) is 1.34. The Morgan fingerprint density at radius 2 is 2.37 bits per heavy atom. The molecule has 1 atom stereocenters. The number of rotatable bonds is 4. The van der Waals surface area contributed by atoms with Gasteiger partial charge in [0.05, 0.1) is 0 Å². The van der Waals surface area contributed by atoms with Crippen LogP contribution in [0.3, 0.4) is 0 Å². The summed E-state index contributed by atoms with van der Waals surface area (Å²) in [7, 11) is 1.80. The van der Waals surface area contributed by atoms with Crippen molar-refractivity contribution in [3.05, 3.63) is 23.9 Å². The smallest absolute Gasteiger partial charge is 0.270 e. The van der Waals surface area contributed by atoms with Crippen LogP contribution in [0.15, 0.2) is 18.2 Å². The van der Waals surface area contributed by atoms with Crippen LogP contribution in [0.4, 0.5) is 5.82 Å². The molecule has 1 aliphatic heterocycles. The van der Waals surface area contributed by atoms with Crippen molar-refractivity contribution in [2.75, 3.05) is 32.0 Å². The number of hydrogen-bond acceptors (Lipinski definition) is 4. The summed E-state index contributed by atoms with van der Waals surface area (Å²) in [5.74, 6) is 0.631. The molecule has 0 spiro atoms. The van der Waals surface area contributed by atoms with Crippen molar-refractivity contribution in [2.45, 2.75) is 25.8 Å². The monoisotopic (exact) mass is 262 g/mol. The molecule has 0 aliphatic carbocycles. The third-order valence-electron chi connectivity index (χ3n) is 3.53. The molecular formula is C14H22N4O. The molecule has 5 nitrogen and oxygen atoms in total. The molecular weight excluding hydrogens is 240 g/mol. The number of amides is 1. The molecule has 0 aromatic carbocycles. The second kappa shape index (κ2) is 6.52. The first-order chi connectivity index (χ1) is 9.22. The molecule has 0 saturated carbocycles. The number of hydrogen-bond donors (Lipinski definition) is 2. The van der Waals surface area contributed by atoms with Crippen molar-refractivity contribution in [1.29, 1.82) is 0 Å². The van der Waals surface area contributed by atoms with Gasteiger partial charge in [-0.05, 0) is 38.1 Å². The zero-order chi connectivity index (χ0) is 13.7. The highest BCUT2D eigenvalue weighted by molar-refractivity contribution is 5.92. The number of aromatic nitrogens is 1. The Kier molecular flexibility index (Phi) is 4.74. The summed E-state index contributed by atoms with van der Waals surface area (Å²) in [6.07, 6.45) is 2.19. The number of carbonyl (C=O) groups is 1. The van der Waals surface area contributed by atoms with Crippen LogP contribution >= 0.6 is 0 Å². The normalized spacial score (nSPS) is 20.0. The Morgan fingerprint density at radius 3 is 3.11 bits per heavy atom. The van der Waals surface area contributed by atoms with E-state index in [1.54, 1.807) is 13.1 Å². The summed E-state index contributed by atoms with van der Waals surface area (Å²) < 4.78 is 0. The number of nitrogens with one attached hydrogen (secondary N) is 2. The Balaban J connectivity index is 1.96. The largest absolute Gasteiger partial charge is 0.373 e. The molecule has 1 aromatic heterocycles. The maximum absolute atomic E-state index is 12.2. The number of anilines is 1. The molecule has 1 aliphatic rings. The number of likely N-dealkylation sites (N-methyl/N-ethyl adjacent to an activating group) is 1. The molecule has 2 heterocycles. The lowest BCUT2D eigenvalue weighted by atomic mass is 10.1. The summed E-state index contributed by atoms with van der Waals surface area (Å²) in [6.45, 7) is 5.27. The van der Waals surface area contributed by atoms with E-state index in [9.17, 15) is 4.79 Å². The fraction of sp³-hybridized carbons (Fsp3) is 0.571. The Labute approximate surface area is 114 Å². The van der Waals surface area contributed by atoms with E-state index in [1.807, 2.05) is 12.1 Å². The zero-order valence-electron chi connectivity index (χ0n) is 11.6. The lowest BCUT2D eigenvalue weighted by Crippen LogP contribution is -2.47. The van der Waals surface area contributed by atoms with E-state index in [2.05, 4.69) is 27.4 Å². The lowest BCUT2D eigenvalue weighted by molar-refractivity contribution is 0.0901. The van der Waals surface area contributed by atoms with E-state index in [-0.39, 0.29) is 11.9 Å². The standard InChI is InChI=1S/C14H22N4O/c1-3-18-9-5-6-11(10-18)16-14(19)12-7-4-8-13(15-2)17-12/h4,7-8,11H,3,5-6,9-10H2,1-2H3,(H,15,17)(H,16,19). The van der Waals surface area contributed by atoms with E-state index in [0.717, 1.165) is 32.5 Å². The topological polar surface area (TPSA) is 57.3 Å². The average Bonchev–Trinajstić information content (AvgIpc) is 2.47. The van der Waals surface area contributed by atoms with Crippen molar-refractivity contribution >= 4 is 11.7 Å². The second-order valence-corrected chi connectivity index (χ2v) is 4.86. The summed E-state index contributed by atoms with van der Waals surface area (Å²) in [4.78, 5) is 18.8. The van der Waals surface area contributed by atoms with Gasteiger partial charge in [0.2, 0.25) is 0 Å². The van der Waals surface area contributed by atoms with Crippen molar-refractivity contribution < 1.29 is 4.79 Å². The zero-order valence-corrected chi connectivity index (χ0v) is 11.6. The first kappa shape index (κ1) is 13.8. The summed E-state index contributed by atoms with van der Waals surface area (Å²) in [5.41, 5.74) is 0.473. The van der Waals surface area contributed by atoms with Crippen LogP contribution in [0.25, 0.3) is 0 Å². The van der Waals surface area contributed by atoms with Gasteiger partial charge in [0.1, 0.15) is 11.5 Å². The molecule has 104 valence electrons. The van der Waals surface area contributed by atoms with Crippen LogP contribution in [-0.4, -0.2) is 48.5 Å². The van der Waals surface area contributed by atoms with Crippen molar-refractivity contribution in [3.63, 3.8) is 0 Å². The van der Waals surface area contributed by atoms with Gasteiger partial charge < -0.3 is 15.5 Å². The van der Waals surface area contributed by atoms with Crippen LogP contribution in [-0.2, 0) is 0 Å². The lowest BCUT2D eigenvalue weighted by Gasteiger charge is -2.32. The molecule has 2 rings (SSSR count). The number of pyridine rings is 1. The highest BCUT2D eigenvalue weighted by Gasteiger charge is 2.21. The molecule has 1 saturated heterocycles. The maximum atomic E-state index is 12.2. The van der Waals surface area contributed by atoms with Gasteiger partial charge in [0, 0.05) is 19.6 Å². The van der Waals surface area contributed by atoms with Crippen molar-refractivity contribution in [2.24, 2.45) is 0 Å². The van der Waals surface area contributed by atoms with E-state index >= 15 is 0 Å². The summed E-state index contributed by atoms with van der Waals surface area (Å²) in [6, 6.07) is 5.67. The number of nitrogens with zero attached hydrogens (tertiary/aromatic N) is 2. The summed E-state index contributed by atoms with van der Waals surface area (Å²) >= 11 is 0. The minimum atomic E-state index is -0.0833. The number of likely N-dealkylation sites (tertiary alicyclic amines) is 1. The minimum Gasteiger partial charge on any atom is -0.373 e. The van der Waals surface area contributed by atoms with Gasteiger partial charge >= 0.3 is 0 Å². The van der Waals surface area contributed by atoms with Crippen LogP contribution in [0.2, 0.25) is 0 Å². The van der Waals surface area contributed by atoms with Crippen LogP contribution in [0.5, 0.6) is 0 Å². The van der Waals surface area contributed by atoms with Crippen molar-refractivity contribution in [1.82, 2.24) is 15.2 Å². The molecule has 5 heteroatoms. The molecule has 1 unspecified atom stereocenters. The quantitative estimate of drug-likeness (QED) is 0.859.